The number of primary amides is 1. The molecule has 0 heterocycles. The Morgan fingerprint density at radius 2 is 1.00 bits per heavy atom. The van der Waals surface area contributed by atoms with E-state index in [2.05, 4.69) is 18.8 Å². The lowest BCUT2D eigenvalue weighted by molar-refractivity contribution is -0.118. The summed E-state index contributed by atoms with van der Waals surface area (Å²) in [6.07, 6.45) is 22.2. The molecule has 1 amide bonds. The summed E-state index contributed by atoms with van der Waals surface area (Å²) in [6.45, 7) is 2.26. The Morgan fingerprint density at radius 3 is 1.42 bits per heavy atom. The van der Waals surface area contributed by atoms with Gasteiger partial charge in [-0.3, -0.25) is 4.79 Å². The predicted octanol–water partition coefficient (Wildman–Crippen LogP) is 6.52. The molecule has 0 aliphatic rings. The Kier molecular flexibility index (Phi) is 19.3. The van der Waals surface area contributed by atoms with Gasteiger partial charge in [0.05, 0.1) is 0 Å². The second-order valence-electron chi connectivity index (χ2n) is 7.02. The van der Waals surface area contributed by atoms with Crippen molar-refractivity contribution in [2.75, 3.05) is 0 Å². The van der Waals surface area contributed by atoms with Crippen LogP contribution in [0.4, 0.5) is 0 Å². The third kappa shape index (κ3) is 21.0. The maximum Gasteiger partial charge on any atom is 0.217 e. The highest BCUT2D eigenvalue weighted by Crippen LogP contribution is 2.11. The molecule has 0 atom stereocenters. The highest BCUT2D eigenvalue weighted by molar-refractivity contribution is 5.73. The quantitative estimate of drug-likeness (QED) is 0.239. The average Bonchev–Trinajstić information content (AvgIpc) is 2.56. The third-order valence-corrected chi connectivity index (χ3v) is 4.51. The average molecular weight is 336 g/mol. The maximum absolute atomic E-state index is 10.6. The Balaban J connectivity index is 3.10. The first kappa shape index (κ1) is 23.0. The van der Waals surface area contributed by atoms with E-state index in [0.29, 0.717) is 6.42 Å². The number of amides is 1. The highest BCUT2D eigenvalue weighted by Gasteiger charge is 1.95. The summed E-state index contributed by atoms with van der Waals surface area (Å²) in [7, 11) is 0. The summed E-state index contributed by atoms with van der Waals surface area (Å²) in [5.41, 5.74) is 5.12. The van der Waals surface area contributed by atoms with Gasteiger partial charge in [0.2, 0.25) is 5.91 Å². The summed E-state index contributed by atoms with van der Waals surface area (Å²) in [4.78, 5) is 10.6. The minimum absolute atomic E-state index is 0.162. The Morgan fingerprint density at radius 1 is 0.625 bits per heavy atom. The van der Waals surface area contributed by atoms with E-state index < -0.39 is 0 Å². The Hall–Kier alpha value is -0.970. The summed E-state index contributed by atoms with van der Waals surface area (Å²) in [5.74, 6) is 6.50. The smallest absolute Gasteiger partial charge is 0.217 e. The van der Waals surface area contributed by atoms with E-state index in [4.69, 9.17) is 5.73 Å². The van der Waals surface area contributed by atoms with E-state index in [-0.39, 0.29) is 5.91 Å². The van der Waals surface area contributed by atoms with E-state index in [1.165, 1.54) is 83.5 Å². The van der Waals surface area contributed by atoms with Crippen molar-refractivity contribution in [3.8, 4) is 11.8 Å². The van der Waals surface area contributed by atoms with E-state index in [1.807, 2.05) is 0 Å². The number of carbonyl (C=O) groups excluding carboxylic acids is 1. The molecule has 0 rings (SSSR count). The number of nitrogens with two attached hydrogens (primary N) is 1. The second kappa shape index (κ2) is 20.1. The Bertz CT molecular complexity index is 327. The molecule has 0 aromatic carbocycles. The van der Waals surface area contributed by atoms with Crippen LogP contribution in [0.5, 0.6) is 0 Å². The van der Waals surface area contributed by atoms with Gasteiger partial charge in [-0.1, -0.05) is 84.0 Å². The molecule has 0 aliphatic carbocycles. The van der Waals surface area contributed by atoms with Crippen LogP contribution in [-0.4, -0.2) is 5.91 Å². The van der Waals surface area contributed by atoms with Crippen molar-refractivity contribution in [1.82, 2.24) is 0 Å². The van der Waals surface area contributed by atoms with Gasteiger partial charge in [-0.25, -0.2) is 0 Å². The van der Waals surface area contributed by atoms with Crippen LogP contribution in [0.25, 0.3) is 0 Å². The topological polar surface area (TPSA) is 43.1 Å². The molecular weight excluding hydrogens is 294 g/mol. The van der Waals surface area contributed by atoms with Gasteiger partial charge in [0.1, 0.15) is 0 Å². The van der Waals surface area contributed by atoms with Crippen LogP contribution in [0.1, 0.15) is 122 Å². The zero-order valence-corrected chi connectivity index (χ0v) is 16.2. The highest BCUT2D eigenvalue weighted by atomic mass is 16.1. The van der Waals surface area contributed by atoms with E-state index >= 15 is 0 Å². The van der Waals surface area contributed by atoms with E-state index in [1.54, 1.807) is 0 Å². The fourth-order valence-corrected chi connectivity index (χ4v) is 2.92. The van der Waals surface area contributed by atoms with Crippen molar-refractivity contribution in [2.24, 2.45) is 5.73 Å². The van der Waals surface area contributed by atoms with Crippen molar-refractivity contribution >= 4 is 5.91 Å². The maximum atomic E-state index is 10.6. The van der Waals surface area contributed by atoms with Crippen LogP contribution >= 0.6 is 0 Å². The molecule has 2 N–H and O–H groups in total. The molecule has 24 heavy (non-hydrogen) atoms. The molecule has 0 saturated heterocycles. The van der Waals surface area contributed by atoms with Gasteiger partial charge in [0.25, 0.3) is 0 Å². The zero-order chi connectivity index (χ0) is 17.7. The summed E-state index contributed by atoms with van der Waals surface area (Å²) < 4.78 is 0. The SMILES string of the molecule is CCCCCCCCC#CCCCCCCCCCCCC(N)=O. The van der Waals surface area contributed by atoms with Gasteiger partial charge in [-0.05, 0) is 19.3 Å². The molecule has 0 spiro atoms. The molecule has 0 saturated carbocycles. The van der Waals surface area contributed by atoms with Gasteiger partial charge in [-0.2, -0.15) is 0 Å². The van der Waals surface area contributed by atoms with Crippen molar-refractivity contribution in [3.63, 3.8) is 0 Å². The fourth-order valence-electron chi connectivity index (χ4n) is 2.92. The molecule has 0 radical (unpaired) electrons. The molecule has 0 aliphatic heterocycles. The van der Waals surface area contributed by atoms with Gasteiger partial charge >= 0.3 is 0 Å². The van der Waals surface area contributed by atoms with E-state index in [0.717, 1.165) is 25.7 Å². The van der Waals surface area contributed by atoms with Crippen LogP contribution in [0.2, 0.25) is 0 Å². The first-order chi connectivity index (χ1) is 11.8. The lowest BCUT2D eigenvalue weighted by Gasteiger charge is -2.01. The van der Waals surface area contributed by atoms with Gasteiger partial charge in [0.15, 0.2) is 0 Å². The monoisotopic (exact) mass is 335 g/mol. The number of unbranched alkanes of at least 4 members (excludes halogenated alkanes) is 15. The minimum Gasteiger partial charge on any atom is -0.370 e. The van der Waals surface area contributed by atoms with Crippen LogP contribution in [0, 0.1) is 11.8 Å². The largest absolute Gasteiger partial charge is 0.370 e. The summed E-state index contributed by atoms with van der Waals surface area (Å²) >= 11 is 0. The predicted molar refractivity (Wildman–Crippen MR) is 106 cm³/mol. The molecule has 0 aromatic heterocycles. The minimum atomic E-state index is -0.162. The molecule has 0 bridgehead atoms. The van der Waals surface area contributed by atoms with Gasteiger partial charge in [-0.15, -0.1) is 11.8 Å². The van der Waals surface area contributed by atoms with Crippen molar-refractivity contribution in [3.05, 3.63) is 0 Å². The van der Waals surface area contributed by atoms with Crippen molar-refractivity contribution < 1.29 is 4.79 Å². The van der Waals surface area contributed by atoms with Gasteiger partial charge < -0.3 is 5.73 Å². The Labute approximate surface area is 151 Å². The lowest BCUT2D eigenvalue weighted by Crippen LogP contribution is -2.09. The van der Waals surface area contributed by atoms with Gasteiger partial charge in [0, 0.05) is 19.3 Å². The number of hydrogen-bond acceptors (Lipinski definition) is 1. The summed E-state index contributed by atoms with van der Waals surface area (Å²) in [6, 6.07) is 0. The van der Waals surface area contributed by atoms with Crippen LogP contribution in [-0.2, 0) is 4.79 Å². The third-order valence-electron chi connectivity index (χ3n) is 4.51. The number of hydrogen-bond donors (Lipinski definition) is 1. The fraction of sp³-hybridized carbons (Fsp3) is 0.864. The number of carbonyl (C=O) groups is 1. The molecular formula is C22H41NO. The molecule has 2 heteroatoms. The normalized spacial score (nSPS) is 10.4. The van der Waals surface area contributed by atoms with Crippen molar-refractivity contribution in [1.29, 1.82) is 0 Å². The molecule has 0 aromatic rings. The zero-order valence-electron chi connectivity index (χ0n) is 16.2. The molecule has 0 fully saturated rings. The number of rotatable bonds is 17. The first-order valence-corrected chi connectivity index (χ1v) is 10.5. The van der Waals surface area contributed by atoms with Crippen LogP contribution in [0.15, 0.2) is 0 Å². The summed E-state index contributed by atoms with van der Waals surface area (Å²) in [5, 5.41) is 0. The molecule has 140 valence electrons. The second-order valence-corrected chi connectivity index (χ2v) is 7.02. The standard InChI is InChI=1S/C22H41NO/c1-2-3-4-5-6-7-8-9-10-11-12-13-14-15-16-17-18-19-20-21-22(23)24/h2-8,11-21H2,1H3,(H2,23,24). The first-order valence-electron chi connectivity index (χ1n) is 10.5. The molecule has 2 nitrogen and oxygen atoms in total. The van der Waals surface area contributed by atoms with E-state index in [9.17, 15) is 4.79 Å². The lowest BCUT2D eigenvalue weighted by atomic mass is 10.1. The molecule has 0 unspecified atom stereocenters. The van der Waals surface area contributed by atoms with Crippen LogP contribution < -0.4 is 5.73 Å². The van der Waals surface area contributed by atoms with Crippen molar-refractivity contribution in [2.45, 2.75) is 122 Å². The van der Waals surface area contributed by atoms with Crippen LogP contribution in [0.3, 0.4) is 0 Å².